The fourth-order valence-corrected chi connectivity index (χ4v) is 7.57. The van der Waals surface area contributed by atoms with Gasteiger partial charge < -0.3 is 5.32 Å². The molecule has 1 amide bonds. The van der Waals surface area contributed by atoms with Gasteiger partial charge in [-0.1, -0.05) is 19.3 Å². The fourth-order valence-electron chi connectivity index (χ4n) is 4.32. The summed E-state index contributed by atoms with van der Waals surface area (Å²) in [4.78, 5) is 14.1. The summed E-state index contributed by atoms with van der Waals surface area (Å²) in [5, 5.41) is 2.78. The Morgan fingerprint density at radius 3 is 2.29 bits per heavy atom. The van der Waals surface area contributed by atoms with E-state index in [1.165, 1.54) is 15.0 Å². The van der Waals surface area contributed by atoms with Gasteiger partial charge in [0, 0.05) is 45.3 Å². The molecule has 2 saturated heterocycles. The molecule has 3 aliphatic rings. The highest BCUT2D eigenvalue weighted by atomic mass is 32.2. The van der Waals surface area contributed by atoms with Crippen molar-refractivity contribution < 1.29 is 21.6 Å². The largest absolute Gasteiger partial charge is 0.351 e. The molecule has 0 radical (unpaired) electrons. The van der Waals surface area contributed by atoms with Crippen molar-refractivity contribution in [3.8, 4) is 0 Å². The monoisotopic (exact) mass is 436 g/mol. The van der Waals surface area contributed by atoms with Crippen LogP contribution in [-0.4, -0.2) is 99.6 Å². The highest BCUT2D eigenvalue weighted by Gasteiger charge is 2.35. The third-order valence-electron chi connectivity index (χ3n) is 6.08. The summed E-state index contributed by atoms with van der Waals surface area (Å²) in [5.41, 5.74) is 0. The summed E-state index contributed by atoms with van der Waals surface area (Å²) in [5.74, 6) is -0.0564. The zero-order valence-corrected chi connectivity index (χ0v) is 18.2. The van der Waals surface area contributed by atoms with Crippen molar-refractivity contribution in [1.29, 1.82) is 0 Å². The van der Waals surface area contributed by atoms with E-state index in [0.29, 0.717) is 32.6 Å². The molecule has 2 aliphatic heterocycles. The van der Waals surface area contributed by atoms with E-state index in [1.807, 2.05) is 4.90 Å². The number of carbonyl (C=O) groups is 1. The van der Waals surface area contributed by atoms with Crippen molar-refractivity contribution in [3.05, 3.63) is 0 Å². The van der Waals surface area contributed by atoms with Gasteiger partial charge >= 0.3 is 0 Å². The van der Waals surface area contributed by atoms with E-state index in [-0.39, 0.29) is 36.0 Å². The van der Waals surface area contributed by atoms with Crippen LogP contribution in [0.4, 0.5) is 0 Å². The lowest BCUT2D eigenvalue weighted by atomic mass is 9.96. The zero-order valence-electron chi connectivity index (χ0n) is 16.5. The fraction of sp³-hybridized carbons (Fsp3) is 0.941. The second-order valence-electron chi connectivity index (χ2n) is 8.16. The molecule has 0 aromatic heterocycles. The minimum absolute atomic E-state index is 0.0122. The Kier molecular flexibility index (Phi) is 7.01. The number of hydrogen-bond acceptors (Lipinski definition) is 6. The van der Waals surface area contributed by atoms with E-state index in [2.05, 4.69) is 5.32 Å². The lowest BCUT2D eigenvalue weighted by Gasteiger charge is -2.38. The number of nitrogens with zero attached hydrogens (tertiary/aromatic N) is 3. The molecule has 1 N–H and O–H groups in total. The van der Waals surface area contributed by atoms with E-state index < -0.39 is 20.0 Å². The third-order valence-corrected chi connectivity index (χ3v) is 9.89. The predicted octanol–water partition coefficient (Wildman–Crippen LogP) is -0.583. The first-order valence-corrected chi connectivity index (χ1v) is 13.3. The van der Waals surface area contributed by atoms with Gasteiger partial charge in [0.15, 0.2) is 9.84 Å². The Balaban J connectivity index is 1.45. The van der Waals surface area contributed by atoms with Crippen LogP contribution in [0.3, 0.4) is 0 Å². The maximum absolute atomic E-state index is 12.9. The number of piperazine rings is 1. The summed E-state index contributed by atoms with van der Waals surface area (Å²) in [6.45, 7) is 1.89. The van der Waals surface area contributed by atoms with Crippen molar-refractivity contribution in [2.24, 2.45) is 0 Å². The second-order valence-corrected chi connectivity index (χ2v) is 12.4. The van der Waals surface area contributed by atoms with E-state index in [9.17, 15) is 21.6 Å². The van der Waals surface area contributed by atoms with Crippen LogP contribution in [0.2, 0.25) is 0 Å². The van der Waals surface area contributed by atoms with E-state index in [4.69, 9.17) is 0 Å². The van der Waals surface area contributed by atoms with Gasteiger partial charge in [-0.05, 0) is 19.3 Å². The maximum Gasteiger partial charge on any atom is 0.282 e. The smallest absolute Gasteiger partial charge is 0.282 e. The molecule has 1 unspecified atom stereocenters. The number of hydrogen-bond donors (Lipinski definition) is 1. The van der Waals surface area contributed by atoms with E-state index in [1.54, 1.807) is 7.05 Å². The quantitative estimate of drug-likeness (QED) is 0.597. The van der Waals surface area contributed by atoms with Gasteiger partial charge in [0.25, 0.3) is 10.2 Å². The molecule has 1 saturated carbocycles. The molecule has 3 fully saturated rings. The van der Waals surface area contributed by atoms with Crippen LogP contribution < -0.4 is 5.32 Å². The summed E-state index contributed by atoms with van der Waals surface area (Å²) < 4.78 is 51.8. The molecule has 0 aromatic carbocycles. The Labute approximate surface area is 168 Å². The lowest BCUT2D eigenvalue weighted by molar-refractivity contribution is -0.123. The first kappa shape index (κ1) is 21.9. The molecule has 162 valence electrons. The number of nitrogens with one attached hydrogen (secondary N) is 1. The van der Waals surface area contributed by atoms with E-state index >= 15 is 0 Å². The van der Waals surface area contributed by atoms with Crippen LogP contribution >= 0.6 is 0 Å². The average molecular weight is 437 g/mol. The van der Waals surface area contributed by atoms with Crippen molar-refractivity contribution >= 4 is 26.0 Å². The highest BCUT2D eigenvalue weighted by Crippen LogP contribution is 2.25. The van der Waals surface area contributed by atoms with Gasteiger partial charge in [0.05, 0.1) is 18.1 Å². The van der Waals surface area contributed by atoms with Gasteiger partial charge in [-0.3, -0.25) is 9.69 Å². The number of sulfone groups is 1. The van der Waals surface area contributed by atoms with Crippen LogP contribution in [0.5, 0.6) is 0 Å². The van der Waals surface area contributed by atoms with Crippen LogP contribution in [-0.2, 0) is 24.8 Å². The van der Waals surface area contributed by atoms with Crippen LogP contribution in [0.15, 0.2) is 0 Å². The Hall–Kier alpha value is -0.750. The Morgan fingerprint density at radius 2 is 1.71 bits per heavy atom. The van der Waals surface area contributed by atoms with Crippen molar-refractivity contribution in [2.75, 3.05) is 51.3 Å². The summed E-state index contributed by atoms with van der Waals surface area (Å²) in [6.07, 6.45) is 5.65. The highest BCUT2D eigenvalue weighted by molar-refractivity contribution is 7.91. The predicted molar refractivity (Wildman–Crippen MR) is 107 cm³/mol. The van der Waals surface area contributed by atoms with E-state index in [0.717, 1.165) is 25.7 Å². The molecule has 0 spiro atoms. The molecule has 1 atom stereocenters. The van der Waals surface area contributed by atoms with Crippen LogP contribution in [0.25, 0.3) is 0 Å². The summed E-state index contributed by atoms with van der Waals surface area (Å²) in [6, 6.07) is -0.214. The first-order chi connectivity index (χ1) is 13.2. The SMILES string of the molecule is CN(C1CCCCC1)S(=O)(=O)N1CCN(CC(=O)NC2CCS(=O)(=O)C2)CC1. The minimum Gasteiger partial charge on any atom is -0.351 e. The van der Waals surface area contributed by atoms with Gasteiger partial charge in [-0.25, -0.2) is 8.42 Å². The zero-order chi connectivity index (χ0) is 20.4. The van der Waals surface area contributed by atoms with Crippen molar-refractivity contribution in [3.63, 3.8) is 0 Å². The minimum atomic E-state index is -3.47. The lowest BCUT2D eigenvalue weighted by Crippen LogP contribution is -2.55. The first-order valence-electron chi connectivity index (χ1n) is 10.1. The molecule has 1 aliphatic carbocycles. The molecule has 9 nitrogen and oxygen atoms in total. The summed E-state index contributed by atoms with van der Waals surface area (Å²) in [7, 11) is -4.81. The second kappa shape index (κ2) is 8.95. The normalized spacial score (nSPS) is 27.9. The standard InChI is InChI=1S/C17H32N4O5S2/c1-19(16-5-3-2-4-6-16)28(25,26)21-10-8-20(9-11-21)13-17(22)18-15-7-12-27(23,24)14-15/h15-16H,2-14H2,1H3,(H,18,22). The maximum atomic E-state index is 12.9. The molecule has 0 bridgehead atoms. The molecular formula is C17H32N4O5S2. The van der Waals surface area contributed by atoms with Gasteiger partial charge in [-0.2, -0.15) is 17.0 Å². The average Bonchev–Trinajstić information content (AvgIpc) is 3.00. The molecule has 3 rings (SSSR count). The van der Waals surface area contributed by atoms with Gasteiger partial charge in [-0.15, -0.1) is 0 Å². The molecule has 11 heteroatoms. The summed E-state index contributed by atoms with van der Waals surface area (Å²) >= 11 is 0. The Morgan fingerprint density at radius 1 is 1.07 bits per heavy atom. The molecular weight excluding hydrogens is 404 g/mol. The number of carbonyl (C=O) groups excluding carboxylic acids is 1. The van der Waals surface area contributed by atoms with Gasteiger partial charge in [0.2, 0.25) is 5.91 Å². The number of rotatable bonds is 6. The van der Waals surface area contributed by atoms with Crippen molar-refractivity contribution in [1.82, 2.24) is 18.8 Å². The Bertz CT molecular complexity index is 756. The van der Waals surface area contributed by atoms with Gasteiger partial charge in [0.1, 0.15) is 0 Å². The third kappa shape index (κ3) is 5.44. The molecule has 0 aromatic rings. The molecule has 28 heavy (non-hydrogen) atoms. The van der Waals surface area contributed by atoms with Crippen LogP contribution in [0, 0.1) is 0 Å². The number of amides is 1. The molecule has 2 heterocycles. The van der Waals surface area contributed by atoms with Crippen molar-refractivity contribution in [2.45, 2.75) is 50.6 Å². The topological polar surface area (TPSA) is 107 Å². The van der Waals surface area contributed by atoms with Crippen LogP contribution in [0.1, 0.15) is 38.5 Å².